The zero-order chi connectivity index (χ0) is 58.3. The largest absolute Gasteiger partial charge is 0.480 e. The van der Waals surface area contributed by atoms with Crippen LogP contribution in [0.15, 0.2) is 35.5 Å². The first-order valence-corrected chi connectivity index (χ1v) is 27.2. The van der Waals surface area contributed by atoms with Gasteiger partial charge in [0.1, 0.15) is 42.3 Å². The van der Waals surface area contributed by atoms with Gasteiger partial charge < -0.3 is 87.4 Å². The second-order valence-corrected chi connectivity index (χ2v) is 20.2. The number of unbranched alkanes of at least 4 members (excludes halogenated alkanes) is 3. The zero-order valence-electron chi connectivity index (χ0n) is 45.9. The molecule has 1 heterocycles. The lowest BCUT2D eigenvalue weighted by atomic mass is 9.96. The van der Waals surface area contributed by atoms with Crippen molar-refractivity contribution in [3.63, 3.8) is 0 Å². The SMILES string of the molecule is CC[C@H](C)[C@H](NC(=O)[C@H](Cc1c[nH]c2ccccc12)NC(=O)[C@H](CCCCN)NC(=O)[C@H](CCCCN)NC(=O)[C@H](CC(C)C)NC(=O)[C@@H](N)CCCN=C(N)N)C(=O)N[C@@H](CCC(N)=O)C(=O)N[C@@H](CCCCN)C(=O)O. The highest BCUT2D eigenvalue weighted by atomic mass is 16.4. The number of nitrogens with zero attached hydrogens (tertiary/aromatic N) is 1. The Bertz CT molecular complexity index is 2270. The van der Waals surface area contributed by atoms with Crippen LogP contribution in [0.5, 0.6) is 0 Å². The third-order valence-electron chi connectivity index (χ3n) is 13.2. The molecule has 2 aromatic rings. The number of aliphatic carboxylic acids is 1. The van der Waals surface area contributed by atoms with E-state index in [1.54, 1.807) is 26.1 Å². The van der Waals surface area contributed by atoms with Gasteiger partial charge in [-0.25, -0.2) is 4.79 Å². The lowest BCUT2D eigenvalue weighted by Gasteiger charge is -2.30. The van der Waals surface area contributed by atoms with Crippen molar-refractivity contribution in [1.29, 1.82) is 0 Å². The van der Waals surface area contributed by atoms with Crippen LogP contribution in [-0.4, -0.2) is 144 Å². The van der Waals surface area contributed by atoms with Crippen LogP contribution in [0.1, 0.15) is 130 Å². The molecule has 1 aromatic heterocycles. The average Bonchev–Trinajstić information content (AvgIpc) is 3.80. The molecule has 0 aliphatic heterocycles. The van der Waals surface area contributed by atoms with Gasteiger partial charge in [0.25, 0.3) is 0 Å². The second kappa shape index (κ2) is 36.2. The van der Waals surface area contributed by atoms with Crippen LogP contribution < -0.4 is 77.4 Å². The number of aromatic nitrogens is 1. The van der Waals surface area contributed by atoms with Gasteiger partial charge in [0.05, 0.1) is 6.04 Å². The number of benzene rings is 1. The number of rotatable bonds is 40. The van der Waals surface area contributed by atoms with E-state index in [1.807, 2.05) is 32.0 Å². The maximum absolute atomic E-state index is 14.7. The van der Waals surface area contributed by atoms with Gasteiger partial charge in [-0.2, -0.15) is 0 Å². The predicted octanol–water partition coefficient (Wildman–Crippen LogP) is -1.69. The van der Waals surface area contributed by atoms with E-state index in [1.165, 1.54) is 0 Å². The summed E-state index contributed by atoms with van der Waals surface area (Å²) in [5.74, 6) is -8.09. The molecule has 0 radical (unpaired) electrons. The standard InChI is InChI=1S/C52H90N16O10/c1-5-31(4)43(50(76)64-38(21-22-42(57)69)47(73)65-39(51(77)78)20-10-13-25-55)68-49(75)41(28-32-29-61-35-17-7-6-15-33(32)35)67-46(72)37(19-9-12-24-54)62-45(71)36(18-8-11-23-53)63-48(74)40(27-30(2)3)66-44(70)34(56)16-14-26-60-52(58)59/h6-7,15,17,29-31,34,36-41,43,61H,5,8-14,16,18-28,53-56H2,1-4H3,(H2,57,69)(H,62,71)(H,63,74)(H,64,76)(H,65,73)(H,66,70)(H,67,72)(H,68,75)(H,77,78)(H4,58,59,60)/t31-,34-,36-,37-,38-,39-,40-,41-,43-/m0/s1. The molecule has 2 rings (SSSR count). The number of amides is 8. The molecule has 0 saturated heterocycles. The highest BCUT2D eigenvalue weighted by Gasteiger charge is 2.36. The molecule has 0 unspecified atom stereocenters. The Morgan fingerprint density at radius 1 is 0.577 bits per heavy atom. The fourth-order valence-electron chi connectivity index (χ4n) is 8.50. The molecule has 0 aliphatic carbocycles. The molecule has 26 heteroatoms. The molecule has 8 amide bonds. The van der Waals surface area contributed by atoms with Crippen molar-refractivity contribution in [1.82, 2.24) is 42.2 Å². The first-order chi connectivity index (χ1) is 37.1. The predicted molar refractivity (Wildman–Crippen MR) is 297 cm³/mol. The molecule has 78 heavy (non-hydrogen) atoms. The summed E-state index contributed by atoms with van der Waals surface area (Å²) in [4.78, 5) is 130. The fourth-order valence-corrected chi connectivity index (χ4v) is 8.50. The van der Waals surface area contributed by atoms with Crippen LogP contribution in [-0.2, 0) is 49.6 Å². The molecule has 0 saturated carbocycles. The number of para-hydroxylation sites is 1. The Labute approximate surface area is 457 Å². The number of carboxylic acids is 1. The third-order valence-corrected chi connectivity index (χ3v) is 13.2. The fraction of sp³-hybridized carbons (Fsp3) is 0.654. The van der Waals surface area contributed by atoms with Crippen molar-refractivity contribution < 1.29 is 48.3 Å². The number of aromatic amines is 1. The Hall–Kier alpha value is -6.90. The molecule has 0 spiro atoms. The van der Waals surface area contributed by atoms with Crippen LogP contribution in [0.25, 0.3) is 10.9 Å². The summed E-state index contributed by atoms with van der Waals surface area (Å²) in [6.45, 7) is 8.32. The number of hydrogen-bond acceptors (Lipinski definition) is 14. The Balaban J connectivity index is 2.55. The Morgan fingerprint density at radius 3 is 1.56 bits per heavy atom. The topological polar surface area (TPSA) is 468 Å². The number of carboxylic acid groups (broad SMARTS) is 1. The van der Waals surface area contributed by atoms with Gasteiger partial charge in [-0.1, -0.05) is 52.3 Å². The van der Waals surface area contributed by atoms with E-state index in [0.29, 0.717) is 70.0 Å². The van der Waals surface area contributed by atoms with Crippen LogP contribution in [0.3, 0.4) is 0 Å². The minimum atomic E-state index is -1.44. The lowest BCUT2D eigenvalue weighted by molar-refractivity contribution is -0.142. The van der Waals surface area contributed by atoms with E-state index >= 15 is 0 Å². The molecule has 438 valence electrons. The van der Waals surface area contributed by atoms with Crippen LogP contribution in [0.2, 0.25) is 0 Å². The number of fused-ring (bicyclic) bond motifs is 1. The van der Waals surface area contributed by atoms with E-state index in [-0.39, 0.29) is 76.3 Å². The molecule has 26 nitrogen and oxygen atoms in total. The number of carbonyl (C=O) groups is 9. The summed E-state index contributed by atoms with van der Waals surface area (Å²) in [7, 11) is 0. The number of guanidine groups is 1. The van der Waals surface area contributed by atoms with Gasteiger partial charge in [-0.3, -0.25) is 43.3 Å². The van der Waals surface area contributed by atoms with Crippen molar-refractivity contribution in [2.75, 3.05) is 26.2 Å². The number of carbonyl (C=O) groups excluding carboxylic acids is 8. The quantitative estimate of drug-likeness (QED) is 0.0201. The molecule has 0 aliphatic rings. The highest BCUT2D eigenvalue weighted by molar-refractivity contribution is 5.98. The Morgan fingerprint density at radius 2 is 1.05 bits per heavy atom. The molecule has 0 bridgehead atoms. The summed E-state index contributed by atoms with van der Waals surface area (Å²) in [5.41, 5.74) is 41.0. The van der Waals surface area contributed by atoms with E-state index in [0.717, 1.165) is 10.9 Å². The molecular weight excluding hydrogens is 1010 g/mol. The van der Waals surface area contributed by atoms with Crippen molar-refractivity contribution in [3.05, 3.63) is 36.0 Å². The van der Waals surface area contributed by atoms with Crippen LogP contribution >= 0.6 is 0 Å². The van der Waals surface area contributed by atoms with Gasteiger partial charge in [0, 0.05) is 36.5 Å². The molecule has 0 fully saturated rings. The van der Waals surface area contributed by atoms with Gasteiger partial charge in [0.15, 0.2) is 5.96 Å². The molecule has 1 aromatic carbocycles. The summed E-state index contributed by atoms with van der Waals surface area (Å²) < 4.78 is 0. The number of primary amides is 1. The number of nitrogens with two attached hydrogens (primary N) is 7. The van der Waals surface area contributed by atoms with Gasteiger partial charge in [0.2, 0.25) is 47.3 Å². The van der Waals surface area contributed by atoms with Crippen molar-refractivity contribution in [2.45, 2.75) is 179 Å². The smallest absolute Gasteiger partial charge is 0.326 e. The highest BCUT2D eigenvalue weighted by Crippen LogP contribution is 2.20. The van der Waals surface area contributed by atoms with Gasteiger partial charge in [-0.05, 0) is 127 Å². The van der Waals surface area contributed by atoms with E-state index in [9.17, 15) is 48.3 Å². The minimum absolute atomic E-state index is 0.0504. The van der Waals surface area contributed by atoms with E-state index in [4.69, 9.17) is 40.1 Å². The van der Waals surface area contributed by atoms with E-state index in [2.05, 4.69) is 47.2 Å². The van der Waals surface area contributed by atoms with Crippen molar-refractivity contribution in [3.8, 4) is 0 Å². The van der Waals surface area contributed by atoms with E-state index < -0.39 is 107 Å². The van der Waals surface area contributed by atoms with Crippen LogP contribution in [0, 0.1) is 11.8 Å². The lowest BCUT2D eigenvalue weighted by Crippen LogP contribution is -2.61. The molecular formula is C52H90N16O10. The maximum Gasteiger partial charge on any atom is 0.326 e. The first-order valence-electron chi connectivity index (χ1n) is 27.2. The average molecular weight is 1100 g/mol. The second-order valence-electron chi connectivity index (χ2n) is 20.2. The van der Waals surface area contributed by atoms with Crippen molar-refractivity contribution in [2.24, 2.45) is 57.0 Å². The Kier molecular flexibility index (Phi) is 31.2. The van der Waals surface area contributed by atoms with Crippen molar-refractivity contribution >= 4 is 70.1 Å². The summed E-state index contributed by atoms with van der Waals surface area (Å²) >= 11 is 0. The molecule has 9 atom stereocenters. The van der Waals surface area contributed by atoms with Crippen LogP contribution in [0.4, 0.5) is 0 Å². The normalized spacial score (nSPS) is 14.7. The summed E-state index contributed by atoms with van der Waals surface area (Å²) in [5, 5.41) is 29.5. The number of H-pyrrole nitrogens is 1. The maximum atomic E-state index is 14.7. The minimum Gasteiger partial charge on any atom is -0.480 e. The summed E-state index contributed by atoms with van der Waals surface area (Å²) in [6, 6.07) is -2.74. The number of hydrogen-bond donors (Lipinski definition) is 16. The third kappa shape index (κ3) is 24.6. The van der Waals surface area contributed by atoms with Gasteiger partial charge in [-0.15, -0.1) is 0 Å². The molecule has 23 N–H and O–H groups in total. The number of aliphatic imine (C=N–C) groups is 1. The number of nitrogens with one attached hydrogen (secondary N) is 8. The zero-order valence-corrected chi connectivity index (χ0v) is 45.9. The van der Waals surface area contributed by atoms with Gasteiger partial charge >= 0.3 is 5.97 Å². The summed E-state index contributed by atoms with van der Waals surface area (Å²) in [6.07, 6.45) is 5.00. The first kappa shape index (κ1) is 67.2. The monoisotopic (exact) mass is 1100 g/mol.